The second kappa shape index (κ2) is 10.6. The van der Waals surface area contributed by atoms with Gasteiger partial charge in [0.2, 0.25) is 0 Å². The van der Waals surface area contributed by atoms with E-state index in [4.69, 9.17) is 31.5 Å². The van der Waals surface area contributed by atoms with E-state index in [1.54, 1.807) is 13.2 Å². The zero-order valence-corrected chi connectivity index (χ0v) is 16.3. The Bertz CT molecular complexity index is 750. The van der Waals surface area contributed by atoms with Crippen LogP contribution in [0.2, 0.25) is 5.02 Å². The van der Waals surface area contributed by atoms with Crippen LogP contribution in [-0.2, 0) is 17.8 Å². The van der Waals surface area contributed by atoms with E-state index in [9.17, 15) is 4.79 Å². The van der Waals surface area contributed by atoms with E-state index in [2.05, 4.69) is 17.4 Å². The van der Waals surface area contributed by atoms with Gasteiger partial charge in [0.25, 0.3) is 5.91 Å². The molecule has 0 bridgehead atoms. The predicted octanol–water partition coefficient (Wildman–Crippen LogP) is 2.94. The highest BCUT2D eigenvalue weighted by Gasteiger charge is 2.13. The van der Waals surface area contributed by atoms with Crippen LogP contribution in [-0.4, -0.2) is 32.8 Å². The molecule has 7 heteroatoms. The van der Waals surface area contributed by atoms with Crippen molar-refractivity contribution in [2.75, 3.05) is 26.9 Å². The fourth-order valence-electron chi connectivity index (χ4n) is 2.53. The summed E-state index contributed by atoms with van der Waals surface area (Å²) < 4.78 is 16.1. The second-order valence-electron chi connectivity index (χ2n) is 5.87. The Labute approximate surface area is 164 Å². The molecular weight excluding hydrogens is 368 g/mol. The first kappa shape index (κ1) is 20.9. The average molecular weight is 393 g/mol. The zero-order valence-electron chi connectivity index (χ0n) is 15.6. The quantitative estimate of drug-likeness (QED) is 0.574. The highest BCUT2D eigenvalue weighted by atomic mass is 35.5. The number of methoxy groups -OCH3 is 1. The number of nitrogens with one attached hydrogen (secondary N) is 1. The highest BCUT2D eigenvalue weighted by Crippen LogP contribution is 2.36. The molecule has 3 N–H and O–H groups in total. The van der Waals surface area contributed by atoms with Crippen LogP contribution in [0.4, 0.5) is 0 Å². The number of primary amides is 1. The Hall–Kier alpha value is -2.44. The molecule has 0 fully saturated rings. The van der Waals surface area contributed by atoms with Crippen LogP contribution in [0, 0.1) is 0 Å². The van der Waals surface area contributed by atoms with Crippen LogP contribution < -0.4 is 25.3 Å². The number of nitrogens with two attached hydrogens (primary N) is 1. The molecule has 2 aromatic carbocycles. The van der Waals surface area contributed by atoms with Crippen molar-refractivity contribution < 1.29 is 19.0 Å². The topological polar surface area (TPSA) is 82.8 Å². The number of carbonyl (C=O) groups is 1. The molecule has 2 aromatic rings. The summed E-state index contributed by atoms with van der Waals surface area (Å²) in [7, 11) is 1.66. The van der Waals surface area contributed by atoms with E-state index in [1.807, 2.05) is 25.1 Å². The molecule has 2 rings (SSSR count). The fraction of sp³-hybridized carbons (Fsp3) is 0.350. The number of benzene rings is 2. The Morgan fingerprint density at radius 3 is 2.52 bits per heavy atom. The van der Waals surface area contributed by atoms with Gasteiger partial charge >= 0.3 is 0 Å². The van der Waals surface area contributed by atoms with Gasteiger partial charge in [0.15, 0.2) is 18.1 Å². The van der Waals surface area contributed by atoms with Gasteiger partial charge in [0.05, 0.1) is 18.7 Å². The van der Waals surface area contributed by atoms with E-state index in [1.165, 1.54) is 5.56 Å². The van der Waals surface area contributed by atoms with E-state index in [-0.39, 0.29) is 6.61 Å². The van der Waals surface area contributed by atoms with Gasteiger partial charge in [-0.25, -0.2) is 0 Å². The van der Waals surface area contributed by atoms with Gasteiger partial charge in [-0.2, -0.15) is 0 Å². The zero-order chi connectivity index (χ0) is 19.6. The van der Waals surface area contributed by atoms with Gasteiger partial charge in [-0.1, -0.05) is 23.7 Å². The monoisotopic (exact) mass is 392 g/mol. The largest absolute Gasteiger partial charge is 0.497 e. The first-order valence-corrected chi connectivity index (χ1v) is 9.11. The summed E-state index contributed by atoms with van der Waals surface area (Å²) in [5.41, 5.74) is 7.32. The minimum atomic E-state index is -0.571. The summed E-state index contributed by atoms with van der Waals surface area (Å²) >= 11 is 6.29. The summed E-state index contributed by atoms with van der Waals surface area (Å²) in [4.78, 5) is 10.9. The highest BCUT2D eigenvalue weighted by molar-refractivity contribution is 6.32. The normalized spacial score (nSPS) is 10.5. The summed E-state index contributed by atoms with van der Waals surface area (Å²) in [5.74, 6) is 1.11. The lowest BCUT2D eigenvalue weighted by Gasteiger charge is -2.15. The lowest BCUT2D eigenvalue weighted by Crippen LogP contribution is -2.20. The molecule has 0 aliphatic heterocycles. The second-order valence-corrected chi connectivity index (χ2v) is 6.27. The lowest BCUT2D eigenvalue weighted by atomic mass is 10.1. The van der Waals surface area contributed by atoms with Crippen LogP contribution in [0.25, 0.3) is 0 Å². The first-order valence-electron chi connectivity index (χ1n) is 8.73. The van der Waals surface area contributed by atoms with Crippen molar-refractivity contribution in [3.8, 4) is 17.2 Å². The Morgan fingerprint density at radius 1 is 1.15 bits per heavy atom. The molecule has 0 unspecified atom stereocenters. The molecule has 1 amide bonds. The number of halogens is 1. The van der Waals surface area contributed by atoms with Crippen molar-refractivity contribution in [1.29, 1.82) is 0 Å². The van der Waals surface area contributed by atoms with Crippen LogP contribution in [0.5, 0.6) is 17.2 Å². The van der Waals surface area contributed by atoms with Crippen molar-refractivity contribution >= 4 is 17.5 Å². The third-order valence-corrected chi connectivity index (χ3v) is 4.09. The van der Waals surface area contributed by atoms with Crippen LogP contribution in [0.3, 0.4) is 0 Å². The molecule has 0 aliphatic carbocycles. The molecule has 0 radical (unpaired) electrons. The maximum Gasteiger partial charge on any atom is 0.255 e. The Morgan fingerprint density at radius 2 is 1.89 bits per heavy atom. The van der Waals surface area contributed by atoms with Crippen molar-refractivity contribution in [2.45, 2.75) is 19.9 Å². The van der Waals surface area contributed by atoms with Crippen molar-refractivity contribution in [1.82, 2.24) is 5.32 Å². The molecule has 0 saturated heterocycles. The maximum atomic E-state index is 10.9. The fourth-order valence-corrected chi connectivity index (χ4v) is 2.82. The van der Waals surface area contributed by atoms with E-state index < -0.39 is 5.91 Å². The number of hydrogen-bond donors (Lipinski definition) is 2. The maximum absolute atomic E-state index is 10.9. The number of ether oxygens (including phenoxy) is 3. The first-order chi connectivity index (χ1) is 13.0. The van der Waals surface area contributed by atoms with Gasteiger partial charge in [0, 0.05) is 6.54 Å². The van der Waals surface area contributed by atoms with Crippen molar-refractivity contribution in [2.24, 2.45) is 5.73 Å². The molecule has 0 saturated carbocycles. The van der Waals surface area contributed by atoms with Gasteiger partial charge in [-0.15, -0.1) is 0 Å². The van der Waals surface area contributed by atoms with Crippen LogP contribution in [0.15, 0.2) is 36.4 Å². The van der Waals surface area contributed by atoms with Crippen molar-refractivity contribution in [3.05, 3.63) is 52.5 Å². The molecule has 146 valence electrons. The molecule has 6 nitrogen and oxygen atoms in total. The minimum absolute atomic E-state index is 0.251. The number of carbonyl (C=O) groups excluding carboxylic acids is 1. The van der Waals surface area contributed by atoms with E-state index in [0.717, 1.165) is 24.3 Å². The predicted molar refractivity (Wildman–Crippen MR) is 106 cm³/mol. The molecular formula is C20H25ClN2O4. The molecule has 0 aromatic heterocycles. The third-order valence-electron chi connectivity index (χ3n) is 3.81. The SMILES string of the molecule is CCOc1cc(CNCCc2ccc(OC)cc2)cc(Cl)c1OCC(N)=O. The molecule has 0 aliphatic rings. The Balaban J connectivity index is 1.93. The van der Waals surface area contributed by atoms with Gasteiger partial charge < -0.3 is 25.3 Å². The molecule has 0 atom stereocenters. The lowest BCUT2D eigenvalue weighted by molar-refractivity contribution is -0.119. The van der Waals surface area contributed by atoms with Gasteiger partial charge in [-0.05, 0) is 55.3 Å². The summed E-state index contributed by atoms with van der Waals surface area (Å²) in [6.45, 7) is 3.52. The van der Waals surface area contributed by atoms with Crippen molar-refractivity contribution in [3.63, 3.8) is 0 Å². The van der Waals surface area contributed by atoms with Crippen LogP contribution >= 0.6 is 11.6 Å². The van der Waals surface area contributed by atoms with Gasteiger partial charge in [-0.3, -0.25) is 4.79 Å². The summed E-state index contributed by atoms with van der Waals surface area (Å²) in [6.07, 6.45) is 0.899. The summed E-state index contributed by atoms with van der Waals surface area (Å²) in [6, 6.07) is 11.7. The summed E-state index contributed by atoms with van der Waals surface area (Å²) in [5, 5.41) is 3.77. The van der Waals surface area contributed by atoms with Gasteiger partial charge in [0.1, 0.15) is 5.75 Å². The molecule has 27 heavy (non-hydrogen) atoms. The number of rotatable bonds is 11. The number of hydrogen-bond acceptors (Lipinski definition) is 5. The third kappa shape index (κ3) is 6.66. The molecule has 0 spiro atoms. The van der Waals surface area contributed by atoms with Crippen LogP contribution in [0.1, 0.15) is 18.1 Å². The Kier molecular flexibility index (Phi) is 8.23. The van der Waals surface area contributed by atoms with E-state index in [0.29, 0.717) is 29.7 Å². The molecule has 0 heterocycles. The average Bonchev–Trinajstić information content (AvgIpc) is 2.65. The minimum Gasteiger partial charge on any atom is -0.497 e. The number of amides is 1. The van der Waals surface area contributed by atoms with E-state index >= 15 is 0 Å². The standard InChI is InChI=1S/C20H25ClN2O4/c1-3-26-18-11-15(10-17(21)20(18)27-13-19(22)24)12-23-9-8-14-4-6-16(25-2)7-5-14/h4-7,10-11,23H,3,8-9,12-13H2,1-2H3,(H2,22,24). The smallest absolute Gasteiger partial charge is 0.255 e.